The van der Waals surface area contributed by atoms with Gasteiger partial charge in [0.15, 0.2) is 0 Å². The third-order valence-electron chi connectivity index (χ3n) is 2.90. The molecule has 0 heterocycles. The maximum Gasteiger partial charge on any atom is 0.210 e. The summed E-state index contributed by atoms with van der Waals surface area (Å²) in [6.07, 6.45) is 1.73. The third kappa shape index (κ3) is 6.09. The van der Waals surface area contributed by atoms with Crippen molar-refractivity contribution in [2.24, 2.45) is 10.6 Å². The first kappa shape index (κ1) is 14.8. The Morgan fingerprint density at radius 1 is 1.33 bits per heavy atom. The maximum atomic E-state index is 10.7. The summed E-state index contributed by atoms with van der Waals surface area (Å²) >= 11 is 0. The Morgan fingerprint density at radius 2 is 1.87 bits per heavy atom. The summed E-state index contributed by atoms with van der Waals surface area (Å²) < 4.78 is 21.3. The van der Waals surface area contributed by atoms with Gasteiger partial charge in [0.2, 0.25) is 10.0 Å². The fourth-order valence-corrected chi connectivity index (χ4v) is 1.78. The van der Waals surface area contributed by atoms with Gasteiger partial charge in [0.25, 0.3) is 0 Å². The van der Waals surface area contributed by atoms with Crippen LogP contribution in [0.1, 0.15) is 26.7 Å². The SMILES string of the molecule is CCC(CC)(CO)CNCCS(N)(=O)=O. The summed E-state index contributed by atoms with van der Waals surface area (Å²) in [6.45, 7) is 5.09. The van der Waals surface area contributed by atoms with Crippen molar-refractivity contribution in [2.45, 2.75) is 26.7 Å². The smallest absolute Gasteiger partial charge is 0.210 e. The van der Waals surface area contributed by atoms with Crippen molar-refractivity contribution in [3.8, 4) is 0 Å². The Morgan fingerprint density at radius 3 is 2.20 bits per heavy atom. The van der Waals surface area contributed by atoms with Crippen molar-refractivity contribution < 1.29 is 13.5 Å². The molecule has 0 saturated carbocycles. The summed E-state index contributed by atoms with van der Waals surface area (Å²) in [7, 11) is -3.39. The lowest BCUT2D eigenvalue weighted by Gasteiger charge is -2.29. The highest BCUT2D eigenvalue weighted by molar-refractivity contribution is 7.89. The van der Waals surface area contributed by atoms with Crippen molar-refractivity contribution >= 4 is 10.0 Å². The number of primary sulfonamides is 1. The average Bonchev–Trinajstić information content (AvgIpc) is 2.18. The monoisotopic (exact) mass is 238 g/mol. The number of sulfonamides is 1. The molecule has 5 nitrogen and oxygen atoms in total. The van der Waals surface area contributed by atoms with Crippen molar-refractivity contribution in [2.75, 3.05) is 25.4 Å². The van der Waals surface area contributed by atoms with Crippen LogP contribution in [-0.4, -0.2) is 39.0 Å². The van der Waals surface area contributed by atoms with Crippen molar-refractivity contribution in [3.63, 3.8) is 0 Å². The summed E-state index contributed by atoms with van der Waals surface area (Å²) in [6, 6.07) is 0. The standard InChI is InChI=1S/C9H22N2O3S/c1-3-9(4-2,8-12)7-11-5-6-15(10,13)14/h11-12H,3-8H2,1-2H3,(H2,10,13,14). The number of hydrogen-bond acceptors (Lipinski definition) is 4. The molecule has 92 valence electrons. The molecule has 0 aromatic carbocycles. The summed E-state index contributed by atoms with van der Waals surface area (Å²) in [5.41, 5.74) is -0.141. The van der Waals surface area contributed by atoms with Crippen LogP contribution in [0.2, 0.25) is 0 Å². The predicted molar refractivity (Wildman–Crippen MR) is 60.9 cm³/mol. The molecule has 0 saturated heterocycles. The van der Waals surface area contributed by atoms with E-state index in [9.17, 15) is 13.5 Å². The highest BCUT2D eigenvalue weighted by atomic mass is 32.2. The number of aliphatic hydroxyl groups is 1. The molecule has 0 bridgehead atoms. The zero-order valence-electron chi connectivity index (χ0n) is 9.49. The Balaban J connectivity index is 3.92. The van der Waals surface area contributed by atoms with E-state index in [-0.39, 0.29) is 17.8 Å². The van der Waals surface area contributed by atoms with E-state index in [4.69, 9.17) is 5.14 Å². The van der Waals surface area contributed by atoms with E-state index in [1.54, 1.807) is 0 Å². The van der Waals surface area contributed by atoms with E-state index < -0.39 is 10.0 Å². The van der Waals surface area contributed by atoms with Gasteiger partial charge in [0.05, 0.1) is 5.75 Å². The van der Waals surface area contributed by atoms with Crippen molar-refractivity contribution in [1.29, 1.82) is 0 Å². The van der Waals surface area contributed by atoms with Gasteiger partial charge in [0.1, 0.15) is 0 Å². The maximum absolute atomic E-state index is 10.7. The molecule has 0 unspecified atom stereocenters. The number of nitrogens with one attached hydrogen (secondary N) is 1. The van der Waals surface area contributed by atoms with E-state index in [2.05, 4.69) is 5.32 Å². The molecule has 0 amide bonds. The lowest BCUT2D eigenvalue weighted by Crippen LogP contribution is -2.39. The van der Waals surface area contributed by atoms with Gasteiger partial charge in [-0.3, -0.25) is 0 Å². The van der Waals surface area contributed by atoms with Gasteiger partial charge in [-0.2, -0.15) is 0 Å². The zero-order valence-corrected chi connectivity index (χ0v) is 10.3. The molecule has 0 aliphatic heterocycles. The number of hydrogen-bond donors (Lipinski definition) is 3. The number of rotatable bonds is 8. The van der Waals surface area contributed by atoms with Crippen LogP contribution >= 0.6 is 0 Å². The van der Waals surface area contributed by atoms with Crippen LogP contribution in [0.15, 0.2) is 0 Å². The van der Waals surface area contributed by atoms with Crippen LogP contribution < -0.4 is 10.5 Å². The van der Waals surface area contributed by atoms with Gasteiger partial charge < -0.3 is 10.4 Å². The number of aliphatic hydroxyl groups excluding tert-OH is 1. The van der Waals surface area contributed by atoms with Gasteiger partial charge in [0, 0.05) is 25.1 Å². The molecular formula is C9H22N2O3S. The molecule has 0 atom stereocenters. The second kappa shape index (κ2) is 6.42. The van der Waals surface area contributed by atoms with Crippen LogP contribution in [0.5, 0.6) is 0 Å². The normalized spacial score (nSPS) is 13.1. The molecule has 0 aliphatic carbocycles. The third-order valence-corrected chi connectivity index (χ3v) is 3.67. The highest BCUT2D eigenvalue weighted by Gasteiger charge is 2.24. The highest BCUT2D eigenvalue weighted by Crippen LogP contribution is 2.24. The van der Waals surface area contributed by atoms with Gasteiger partial charge in [-0.15, -0.1) is 0 Å². The first-order chi connectivity index (χ1) is 6.89. The topological polar surface area (TPSA) is 92.4 Å². The Labute approximate surface area is 92.1 Å². The molecule has 15 heavy (non-hydrogen) atoms. The summed E-state index contributed by atoms with van der Waals surface area (Å²) in [5, 5.41) is 17.1. The molecule has 0 aliphatic rings. The Hall–Kier alpha value is -0.170. The Kier molecular flexibility index (Phi) is 6.35. The molecule has 0 aromatic rings. The van der Waals surface area contributed by atoms with E-state index >= 15 is 0 Å². The van der Waals surface area contributed by atoms with E-state index in [0.717, 1.165) is 12.8 Å². The second-order valence-corrected chi connectivity index (χ2v) is 5.64. The van der Waals surface area contributed by atoms with Crippen LogP contribution in [0.25, 0.3) is 0 Å². The molecule has 0 aromatic heterocycles. The lowest BCUT2D eigenvalue weighted by atomic mass is 9.83. The molecule has 0 spiro atoms. The molecule has 0 radical (unpaired) electrons. The minimum atomic E-state index is -3.39. The van der Waals surface area contributed by atoms with Gasteiger partial charge >= 0.3 is 0 Å². The molecular weight excluding hydrogens is 216 g/mol. The molecule has 4 N–H and O–H groups in total. The van der Waals surface area contributed by atoms with Gasteiger partial charge in [-0.25, -0.2) is 13.6 Å². The predicted octanol–water partition coefficient (Wildman–Crippen LogP) is -0.337. The zero-order chi connectivity index (χ0) is 11.9. The first-order valence-electron chi connectivity index (χ1n) is 5.21. The van der Waals surface area contributed by atoms with E-state index in [0.29, 0.717) is 13.1 Å². The molecule has 6 heteroatoms. The quantitative estimate of drug-likeness (QED) is 0.505. The largest absolute Gasteiger partial charge is 0.396 e. The van der Waals surface area contributed by atoms with Gasteiger partial charge in [-0.05, 0) is 12.8 Å². The van der Waals surface area contributed by atoms with Crippen LogP contribution in [0.3, 0.4) is 0 Å². The van der Waals surface area contributed by atoms with Crippen LogP contribution in [-0.2, 0) is 10.0 Å². The summed E-state index contributed by atoms with van der Waals surface area (Å²) in [5.74, 6) is -0.0675. The minimum Gasteiger partial charge on any atom is -0.396 e. The average molecular weight is 238 g/mol. The summed E-state index contributed by atoms with van der Waals surface area (Å²) in [4.78, 5) is 0. The molecule has 0 rings (SSSR count). The second-order valence-electron chi connectivity index (χ2n) is 3.91. The Bertz CT molecular complexity index is 252. The van der Waals surface area contributed by atoms with E-state index in [1.165, 1.54) is 0 Å². The van der Waals surface area contributed by atoms with E-state index in [1.807, 2.05) is 13.8 Å². The van der Waals surface area contributed by atoms with Gasteiger partial charge in [-0.1, -0.05) is 13.8 Å². The lowest BCUT2D eigenvalue weighted by molar-refractivity contribution is 0.114. The fraction of sp³-hybridized carbons (Fsp3) is 1.00. The fourth-order valence-electron chi connectivity index (χ4n) is 1.35. The van der Waals surface area contributed by atoms with Crippen molar-refractivity contribution in [1.82, 2.24) is 5.32 Å². The van der Waals surface area contributed by atoms with Crippen LogP contribution in [0.4, 0.5) is 0 Å². The first-order valence-corrected chi connectivity index (χ1v) is 6.92. The molecule has 0 fully saturated rings. The minimum absolute atomic E-state index is 0.0675. The van der Waals surface area contributed by atoms with Crippen molar-refractivity contribution in [3.05, 3.63) is 0 Å². The number of nitrogens with two attached hydrogens (primary N) is 1. The van der Waals surface area contributed by atoms with Crippen LogP contribution in [0, 0.1) is 5.41 Å².